The molecule has 0 aliphatic heterocycles. The molecule has 3 N–H and O–H groups in total. The third-order valence-electron chi connectivity index (χ3n) is 2.18. The fourth-order valence-corrected chi connectivity index (χ4v) is 1.37. The zero-order valence-electron chi connectivity index (χ0n) is 8.57. The Hall–Kier alpha value is -1.06. The fraction of sp³-hybridized carbons (Fsp3) is 0.455. The summed E-state index contributed by atoms with van der Waals surface area (Å²) < 4.78 is 0. The number of nitrogens with one attached hydrogen (secondary N) is 1. The van der Waals surface area contributed by atoms with Crippen molar-refractivity contribution in [2.24, 2.45) is 0 Å². The van der Waals surface area contributed by atoms with E-state index < -0.39 is 0 Å². The summed E-state index contributed by atoms with van der Waals surface area (Å²) in [6.07, 6.45) is 0. The van der Waals surface area contributed by atoms with Crippen LogP contribution in [0.3, 0.4) is 0 Å². The lowest BCUT2D eigenvalue weighted by Crippen LogP contribution is -2.31. The summed E-state index contributed by atoms with van der Waals surface area (Å²) in [4.78, 5) is 0. The van der Waals surface area contributed by atoms with E-state index in [2.05, 4.69) is 5.32 Å². The molecule has 0 radical (unpaired) electrons. The van der Waals surface area contributed by atoms with Crippen molar-refractivity contribution >= 4 is 0 Å². The molecule has 1 rings (SSSR count). The maximum Gasteiger partial charge on any atom is 0.115 e. The summed E-state index contributed by atoms with van der Waals surface area (Å²) in [5, 5.41) is 21.4. The number of rotatable bonds is 4. The average molecular weight is 195 g/mol. The van der Waals surface area contributed by atoms with E-state index in [1.807, 2.05) is 26.0 Å². The summed E-state index contributed by atoms with van der Waals surface area (Å²) in [5.74, 6) is 0.271. The van der Waals surface area contributed by atoms with Crippen molar-refractivity contribution in [3.63, 3.8) is 0 Å². The number of benzene rings is 1. The Morgan fingerprint density at radius 3 is 2.64 bits per heavy atom. The average Bonchev–Trinajstić information content (AvgIpc) is 2.17. The van der Waals surface area contributed by atoms with Crippen molar-refractivity contribution in [1.29, 1.82) is 0 Å². The zero-order valence-corrected chi connectivity index (χ0v) is 8.57. The normalized spacial score (nSPS) is 15.1. The Labute approximate surface area is 84.4 Å². The number of aromatic hydroxyl groups is 1. The van der Waals surface area contributed by atoms with Crippen LogP contribution in [0.5, 0.6) is 5.75 Å². The number of phenols is 1. The van der Waals surface area contributed by atoms with Gasteiger partial charge in [0.1, 0.15) is 5.75 Å². The molecular formula is C11H17NO2. The molecule has 1 unspecified atom stereocenters. The fourth-order valence-electron chi connectivity index (χ4n) is 1.37. The topological polar surface area (TPSA) is 52.5 Å². The minimum absolute atomic E-state index is 0.0624. The first-order chi connectivity index (χ1) is 6.63. The zero-order chi connectivity index (χ0) is 10.6. The molecule has 0 aromatic heterocycles. The first-order valence-electron chi connectivity index (χ1n) is 4.79. The second-order valence-corrected chi connectivity index (χ2v) is 3.57. The van der Waals surface area contributed by atoms with E-state index >= 15 is 0 Å². The van der Waals surface area contributed by atoms with Crippen LogP contribution in [-0.4, -0.2) is 22.9 Å². The highest BCUT2D eigenvalue weighted by Gasteiger charge is 2.08. The third kappa shape index (κ3) is 3.01. The second kappa shape index (κ2) is 4.98. The van der Waals surface area contributed by atoms with Gasteiger partial charge in [0, 0.05) is 12.1 Å². The largest absolute Gasteiger partial charge is 0.508 e. The van der Waals surface area contributed by atoms with E-state index in [1.165, 1.54) is 0 Å². The van der Waals surface area contributed by atoms with Gasteiger partial charge in [0.15, 0.2) is 0 Å². The lowest BCUT2D eigenvalue weighted by atomic mass is 10.1. The highest BCUT2D eigenvalue weighted by molar-refractivity contribution is 5.29. The minimum Gasteiger partial charge on any atom is -0.508 e. The second-order valence-electron chi connectivity index (χ2n) is 3.57. The maximum atomic E-state index is 9.28. The van der Waals surface area contributed by atoms with Gasteiger partial charge in [-0.1, -0.05) is 12.1 Å². The molecule has 0 aliphatic rings. The van der Waals surface area contributed by atoms with Gasteiger partial charge in [-0.05, 0) is 31.5 Å². The van der Waals surface area contributed by atoms with Crippen molar-refractivity contribution in [2.45, 2.75) is 25.9 Å². The summed E-state index contributed by atoms with van der Waals surface area (Å²) in [6, 6.07) is 7.32. The smallest absolute Gasteiger partial charge is 0.115 e. The predicted octanol–water partition coefficient (Wildman–Crippen LogP) is 1.42. The Balaban J connectivity index is 2.64. The molecule has 1 aromatic rings. The van der Waals surface area contributed by atoms with Crippen LogP contribution >= 0.6 is 0 Å². The molecule has 3 heteroatoms. The molecule has 1 aromatic carbocycles. The number of phenolic OH excluding ortho intramolecular Hbond substituents is 1. The molecular weight excluding hydrogens is 178 g/mol. The van der Waals surface area contributed by atoms with E-state index in [0.29, 0.717) is 0 Å². The van der Waals surface area contributed by atoms with Crippen molar-refractivity contribution < 1.29 is 10.2 Å². The summed E-state index contributed by atoms with van der Waals surface area (Å²) in [6.45, 7) is 4.03. The quantitative estimate of drug-likeness (QED) is 0.681. The van der Waals surface area contributed by atoms with Crippen LogP contribution in [0.25, 0.3) is 0 Å². The van der Waals surface area contributed by atoms with Crippen LogP contribution in [0.4, 0.5) is 0 Å². The molecule has 0 amide bonds. The van der Waals surface area contributed by atoms with Gasteiger partial charge in [-0.2, -0.15) is 0 Å². The van der Waals surface area contributed by atoms with Crippen molar-refractivity contribution in [2.75, 3.05) is 6.61 Å². The monoisotopic (exact) mass is 195 g/mol. The molecule has 0 aliphatic carbocycles. The molecule has 2 atom stereocenters. The van der Waals surface area contributed by atoms with Gasteiger partial charge in [0.2, 0.25) is 0 Å². The number of aliphatic hydroxyl groups is 1. The Morgan fingerprint density at radius 1 is 1.36 bits per heavy atom. The third-order valence-corrected chi connectivity index (χ3v) is 2.18. The standard InChI is InChI=1S/C11H17NO2/c1-8(7-13)12-9(2)10-4-3-5-11(14)6-10/h3-6,8-9,12-14H,7H2,1-2H3/t8-,9?/m1/s1. The van der Waals surface area contributed by atoms with Crippen LogP contribution in [0.1, 0.15) is 25.5 Å². The van der Waals surface area contributed by atoms with E-state index in [9.17, 15) is 5.11 Å². The lowest BCUT2D eigenvalue weighted by Gasteiger charge is -2.18. The molecule has 78 valence electrons. The molecule has 0 saturated heterocycles. The number of aliphatic hydroxyl groups excluding tert-OH is 1. The SMILES string of the molecule is CC(N[C@H](C)CO)c1cccc(O)c1. The molecule has 0 fully saturated rings. The lowest BCUT2D eigenvalue weighted by molar-refractivity contribution is 0.243. The van der Waals surface area contributed by atoms with Crippen LogP contribution in [0.2, 0.25) is 0 Å². The minimum atomic E-state index is 0.0624. The molecule has 0 spiro atoms. The highest BCUT2D eigenvalue weighted by Crippen LogP contribution is 2.17. The van der Waals surface area contributed by atoms with Crippen molar-refractivity contribution in [3.05, 3.63) is 29.8 Å². The molecule has 3 nitrogen and oxygen atoms in total. The maximum absolute atomic E-state index is 9.28. The van der Waals surface area contributed by atoms with Crippen LogP contribution in [-0.2, 0) is 0 Å². The first-order valence-corrected chi connectivity index (χ1v) is 4.79. The van der Waals surface area contributed by atoms with Gasteiger partial charge in [-0.15, -0.1) is 0 Å². The van der Waals surface area contributed by atoms with Crippen molar-refractivity contribution in [1.82, 2.24) is 5.32 Å². The van der Waals surface area contributed by atoms with Gasteiger partial charge < -0.3 is 15.5 Å². The molecule has 0 bridgehead atoms. The van der Waals surface area contributed by atoms with E-state index in [-0.39, 0.29) is 24.4 Å². The molecule has 0 saturated carbocycles. The Kier molecular flexibility index (Phi) is 3.92. The highest BCUT2D eigenvalue weighted by atomic mass is 16.3. The Bertz CT molecular complexity index is 288. The number of hydrogen-bond acceptors (Lipinski definition) is 3. The summed E-state index contributed by atoms with van der Waals surface area (Å²) >= 11 is 0. The van der Waals surface area contributed by atoms with E-state index in [1.54, 1.807) is 12.1 Å². The summed E-state index contributed by atoms with van der Waals surface area (Å²) in [7, 11) is 0. The molecule has 14 heavy (non-hydrogen) atoms. The van der Waals surface area contributed by atoms with Gasteiger partial charge in [-0.25, -0.2) is 0 Å². The van der Waals surface area contributed by atoms with Crippen LogP contribution in [0, 0.1) is 0 Å². The Morgan fingerprint density at radius 2 is 2.07 bits per heavy atom. The van der Waals surface area contributed by atoms with Gasteiger partial charge in [0.25, 0.3) is 0 Å². The summed E-state index contributed by atoms with van der Waals surface area (Å²) in [5.41, 5.74) is 1.02. The molecule has 0 heterocycles. The van der Waals surface area contributed by atoms with E-state index in [4.69, 9.17) is 5.11 Å². The number of hydrogen-bond donors (Lipinski definition) is 3. The predicted molar refractivity (Wildman–Crippen MR) is 56.2 cm³/mol. The van der Waals surface area contributed by atoms with Gasteiger partial charge >= 0.3 is 0 Å². The van der Waals surface area contributed by atoms with Gasteiger partial charge in [0.05, 0.1) is 6.61 Å². The first kappa shape index (κ1) is 11.0. The van der Waals surface area contributed by atoms with Crippen molar-refractivity contribution in [3.8, 4) is 5.75 Å². The van der Waals surface area contributed by atoms with E-state index in [0.717, 1.165) is 5.56 Å². The van der Waals surface area contributed by atoms with Gasteiger partial charge in [-0.3, -0.25) is 0 Å². The van der Waals surface area contributed by atoms with Crippen LogP contribution < -0.4 is 5.32 Å². The van der Waals surface area contributed by atoms with Crippen LogP contribution in [0.15, 0.2) is 24.3 Å².